The lowest BCUT2D eigenvalue weighted by molar-refractivity contribution is -0.143. The van der Waals surface area contributed by atoms with Crippen LogP contribution in [0.3, 0.4) is 0 Å². The van der Waals surface area contributed by atoms with Gasteiger partial charge in [-0.2, -0.15) is 0 Å². The number of rotatable bonds is 10. The van der Waals surface area contributed by atoms with Crippen LogP contribution in [0.4, 0.5) is 15.9 Å². The number of aliphatic carboxylic acids is 1. The summed E-state index contributed by atoms with van der Waals surface area (Å²) >= 11 is 0. The summed E-state index contributed by atoms with van der Waals surface area (Å²) in [4.78, 5) is 32.4. The zero-order valence-electron chi connectivity index (χ0n) is 24.9. The van der Waals surface area contributed by atoms with Gasteiger partial charge in [0.15, 0.2) is 21.3 Å². The van der Waals surface area contributed by atoms with E-state index in [1.54, 1.807) is 42.6 Å². The normalized spacial score (nSPS) is 17.2. The summed E-state index contributed by atoms with van der Waals surface area (Å²) < 4.78 is 52.6. The first-order valence-corrected chi connectivity index (χ1v) is 15.8. The highest BCUT2D eigenvalue weighted by Crippen LogP contribution is 2.43. The first kappa shape index (κ1) is 31.5. The molecule has 0 saturated carbocycles. The van der Waals surface area contributed by atoms with Crippen LogP contribution in [0.1, 0.15) is 36.6 Å². The van der Waals surface area contributed by atoms with E-state index in [1.165, 1.54) is 44.2 Å². The Morgan fingerprint density at radius 3 is 2.51 bits per heavy atom. The summed E-state index contributed by atoms with van der Waals surface area (Å²) in [7, 11) is -1.05. The fraction of sp³-hybridized carbons (Fsp3) is 0.281. The summed E-state index contributed by atoms with van der Waals surface area (Å²) in [6.45, 7) is 1.49. The lowest BCUT2D eigenvalue weighted by Gasteiger charge is -2.32. The van der Waals surface area contributed by atoms with Crippen molar-refractivity contribution in [3.8, 4) is 11.5 Å². The van der Waals surface area contributed by atoms with Gasteiger partial charge in [0.1, 0.15) is 17.7 Å². The maximum absolute atomic E-state index is 15.8. The standard InChI is InChI=1S/C32H33FN4O7S/c1-4-45(41,42)27-8-6-5-7-21(27)29-22(32(39)40)12-14-37(29)31(38)28(23-16-25(43-2)26(44-3)17-24(23)33)36-19-9-10-20-18(15-19)11-13-35-30(20)34/h5-11,13,15-17,22,28-29,36H,4,12,14H2,1-3H3,(H2,34,35)(H,39,40). The van der Waals surface area contributed by atoms with Gasteiger partial charge in [-0.3, -0.25) is 9.59 Å². The first-order valence-electron chi connectivity index (χ1n) is 14.2. The van der Waals surface area contributed by atoms with Gasteiger partial charge in [0, 0.05) is 35.4 Å². The second-order valence-electron chi connectivity index (χ2n) is 10.6. The number of carbonyl (C=O) groups is 2. The number of nitrogens with two attached hydrogens (primary N) is 1. The molecule has 45 heavy (non-hydrogen) atoms. The highest BCUT2D eigenvalue weighted by Gasteiger charge is 2.46. The molecule has 1 saturated heterocycles. The number of benzene rings is 3. The number of methoxy groups -OCH3 is 2. The molecule has 1 amide bonds. The number of amides is 1. The second-order valence-corrected chi connectivity index (χ2v) is 12.8. The van der Waals surface area contributed by atoms with Crippen molar-refractivity contribution in [3.63, 3.8) is 0 Å². The summed E-state index contributed by atoms with van der Waals surface area (Å²) in [6, 6.07) is 12.9. The van der Waals surface area contributed by atoms with Crippen LogP contribution < -0.4 is 20.5 Å². The van der Waals surface area contributed by atoms with E-state index in [0.29, 0.717) is 16.9 Å². The molecule has 4 aromatic rings. The number of fused-ring (bicyclic) bond motifs is 1. The van der Waals surface area contributed by atoms with Gasteiger partial charge in [-0.1, -0.05) is 25.1 Å². The van der Waals surface area contributed by atoms with E-state index in [1.807, 2.05) is 0 Å². The molecule has 0 radical (unpaired) electrons. The number of carbonyl (C=O) groups excluding carboxylic acids is 1. The zero-order valence-corrected chi connectivity index (χ0v) is 25.7. The molecule has 1 fully saturated rings. The molecule has 236 valence electrons. The van der Waals surface area contributed by atoms with Gasteiger partial charge in [0.2, 0.25) is 5.91 Å². The highest BCUT2D eigenvalue weighted by molar-refractivity contribution is 7.91. The van der Waals surface area contributed by atoms with Crippen LogP contribution in [0.25, 0.3) is 10.8 Å². The van der Waals surface area contributed by atoms with Crippen LogP contribution in [-0.2, 0) is 19.4 Å². The topological polar surface area (TPSA) is 161 Å². The van der Waals surface area contributed by atoms with Crippen molar-refractivity contribution >= 4 is 44.0 Å². The zero-order chi connectivity index (χ0) is 32.5. The van der Waals surface area contributed by atoms with E-state index in [4.69, 9.17) is 15.2 Å². The van der Waals surface area contributed by atoms with Crippen LogP contribution in [-0.4, -0.2) is 61.8 Å². The van der Waals surface area contributed by atoms with Crippen molar-refractivity contribution in [1.29, 1.82) is 0 Å². The number of anilines is 2. The third-order valence-corrected chi connectivity index (χ3v) is 9.92. The lowest BCUT2D eigenvalue weighted by Crippen LogP contribution is -2.40. The minimum Gasteiger partial charge on any atom is -0.493 e. The number of carboxylic acid groups (broad SMARTS) is 1. The Balaban J connectivity index is 1.66. The third-order valence-electron chi connectivity index (χ3n) is 8.12. The SMILES string of the molecule is CCS(=O)(=O)c1ccccc1C1C(C(=O)O)CCN1C(=O)C(Nc1ccc2c(N)nccc2c1)c1cc(OC)c(OC)cc1F. The van der Waals surface area contributed by atoms with E-state index in [9.17, 15) is 23.1 Å². The van der Waals surface area contributed by atoms with Crippen molar-refractivity contribution in [2.24, 2.45) is 5.92 Å². The lowest BCUT2D eigenvalue weighted by atomic mass is 9.93. The molecule has 4 N–H and O–H groups in total. The minimum atomic E-state index is -3.79. The van der Waals surface area contributed by atoms with E-state index in [2.05, 4.69) is 10.3 Å². The van der Waals surface area contributed by atoms with Crippen molar-refractivity contribution in [2.75, 3.05) is 37.6 Å². The summed E-state index contributed by atoms with van der Waals surface area (Å²) in [6.07, 6.45) is 1.61. The summed E-state index contributed by atoms with van der Waals surface area (Å²) in [5, 5.41) is 14.7. The average molecular weight is 637 g/mol. The molecule has 2 heterocycles. The largest absolute Gasteiger partial charge is 0.493 e. The molecule has 0 aliphatic carbocycles. The van der Waals surface area contributed by atoms with E-state index in [0.717, 1.165) is 11.5 Å². The number of aromatic nitrogens is 1. The monoisotopic (exact) mass is 636 g/mol. The molecule has 0 spiro atoms. The van der Waals surface area contributed by atoms with Crippen LogP contribution >= 0.6 is 0 Å². The average Bonchev–Trinajstić information content (AvgIpc) is 3.49. The number of sulfone groups is 1. The molecule has 3 atom stereocenters. The summed E-state index contributed by atoms with van der Waals surface area (Å²) in [5.41, 5.74) is 6.56. The van der Waals surface area contributed by atoms with Crippen molar-refractivity contribution in [1.82, 2.24) is 9.88 Å². The van der Waals surface area contributed by atoms with Crippen LogP contribution in [0.5, 0.6) is 11.5 Å². The Kier molecular flexibility index (Phi) is 8.82. The number of pyridine rings is 1. The first-order chi connectivity index (χ1) is 21.5. The van der Waals surface area contributed by atoms with Crippen molar-refractivity contribution in [2.45, 2.75) is 30.3 Å². The second kappa shape index (κ2) is 12.6. The maximum Gasteiger partial charge on any atom is 0.309 e. The number of ether oxygens (including phenoxy) is 2. The smallest absolute Gasteiger partial charge is 0.309 e. The van der Waals surface area contributed by atoms with Gasteiger partial charge in [-0.25, -0.2) is 17.8 Å². The van der Waals surface area contributed by atoms with E-state index < -0.39 is 45.5 Å². The minimum absolute atomic E-state index is 0.00597. The van der Waals surface area contributed by atoms with Crippen LogP contribution in [0.15, 0.2) is 71.8 Å². The number of hydrogen-bond acceptors (Lipinski definition) is 9. The molecule has 1 aromatic heterocycles. The summed E-state index contributed by atoms with van der Waals surface area (Å²) in [5.74, 6) is -3.33. The van der Waals surface area contributed by atoms with Gasteiger partial charge in [0.05, 0.1) is 36.8 Å². The molecule has 5 rings (SSSR count). The Morgan fingerprint density at radius 2 is 1.82 bits per heavy atom. The molecular weight excluding hydrogens is 603 g/mol. The number of hydrogen-bond donors (Lipinski definition) is 3. The van der Waals surface area contributed by atoms with Gasteiger partial charge in [0.25, 0.3) is 0 Å². The van der Waals surface area contributed by atoms with Gasteiger partial charge < -0.3 is 30.5 Å². The molecule has 13 heteroatoms. The Hall–Kier alpha value is -4.91. The number of likely N-dealkylation sites (tertiary alicyclic amines) is 1. The third kappa shape index (κ3) is 5.95. The predicted molar refractivity (Wildman–Crippen MR) is 166 cm³/mol. The number of nitrogen functional groups attached to an aromatic ring is 1. The Morgan fingerprint density at radius 1 is 1.11 bits per heavy atom. The Labute approximate surface area is 259 Å². The predicted octanol–water partition coefficient (Wildman–Crippen LogP) is 4.59. The molecule has 11 nitrogen and oxygen atoms in total. The highest BCUT2D eigenvalue weighted by atomic mass is 32.2. The number of nitrogens with one attached hydrogen (secondary N) is 1. The maximum atomic E-state index is 15.8. The molecule has 3 unspecified atom stereocenters. The number of nitrogens with zero attached hydrogens (tertiary/aromatic N) is 2. The quantitative estimate of drug-likeness (QED) is 0.224. The van der Waals surface area contributed by atoms with Gasteiger partial charge in [-0.05, 0) is 53.8 Å². The van der Waals surface area contributed by atoms with Crippen molar-refractivity contribution < 1.29 is 37.0 Å². The molecule has 1 aliphatic rings. The van der Waals surface area contributed by atoms with E-state index >= 15 is 4.39 Å². The fourth-order valence-electron chi connectivity index (χ4n) is 5.83. The van der Waals surface area contributed by atoms with Crippen LogP contribution in [0.2, 0.25) is 0 Å². The van der Waals surface area contributed by atoms with Crippen molar-refractivity contribution in [3.05, 3.63) is 83.8 Å². The molecule has 1 aliphatic heterocycles. The van der Waals surface area contributed by atoms with E-state index in [-0.39, 0.29) is 46.2 Å². The fourth-order valence-corrected chi connectivity index (χ4v) is 6.98. The molecule has 3 aromatic carbocycles. The molecular formula is C32H33FN4O7S. The molecule has 0 bridgehead atoms. The number of carboxylic acids is 1. The Bertz CT molecular complexity index is 1890. The number of halogens is 1. The van der Waals surface area contributed by atoms with Gasteiger partial charge in [-0.15, -0.1) is 0 Å². The van der Waals surface area contributed by atoms with Crippen LogP contribution in [0, 0.1) is 11.7 Å². The van der Waals surface area contributed by atoms with Gasteiger partial charge >= 0.3 is 5.97 Å².